The van der Waals surface area contributed by atoms with E-state index in [4.69, 9.17) is 9.47 Å². The van der Waals surface area contributed by atoms with E-state index in [1.54, 1.807) is 0 Å². The van der Waals surface area contributed by atoms with Crippen LogP contribution in [0.25, 0.3) is 0 Å². The van der Waals surface area contributed by atoms with Crippen molar-refractivity contribution in [2.24, 2.45) is 10.4 Å². The first-order valence-electron chi connectivity index (χ1n) is 7.73. The molecule has 0 aromatic heterocycles. The van der Waals surface area contributed by atoms with Gasteiger partial charge in [-0.05, 0) is 0 Å². The zero-order valence-electron chi connectivity index (χ0n) is 14.1. The van der Waals surface area contributed by atoms with Gasteiger partial charge >= 0.3 is 137 Å². The molecule has 0 N–H and O–H groups in total. The first-order valence-corrected chi connectivity index (χ1v) is 12.4. The third-order valence-corrected chi connectivity index (χ3v) is 8.17. The maximum absolute atomic E-state index is 12.2. The van der Waals surface area contributed by atoms with Crippen LogP contribution in [0.5, 0.6) is 0 Å². The molecule has 0 unspecified atom stereocenters. The Kier molecular flexibility index (Phi) is 8.25. The number of carbonyl (C=O) groups excluding carboxylic acids is 1. The van der Waals surface area contributed by atoms with Crippen molar-refractivity contribution in [2.45, 2.75) is 20.3 Å². The molecule has 1 heterocycles. The summed E-state index contributed by atoms with van der Waals surface area (Å²) in [5, 5.41) is 0. The van der Waals surface area contributed by atoms with Crippen molar-refractivity contribution in [3.05, 3.63) is 4.91 Å². The van der Waals surface area contributed by atoms with E-state index in [1.807, 2.05) is 27.2 Å². The molecule has 1 aliphatic rings. The summed E-state index contributed by atoms with van der Waals surface area (Å²) >= 11 is 1.53. The van der Waals surface area contributed by atoms with E-state index in [1.165, 1.54) is 11.4 Å². The van der Waals surface area contributed by atoms with E-state index >= 15 is 0 Å². The minimum absolute atomic E-state index is 0.167. The van der Waals surface area contributed by atoms with Crippen LogP contribution < -0.4 is 0 Å². The number of morpholine rings is 1. The third kappa shape index (κ3) is 7.36. The summed E-state index contributed by atoms with van der Waals surface area (Å²) in [5.41, 5.74) is -0.487. The van der Waals surface area contributed by atoms with Crippen LogP contribution in [0.1, 0.15) is 20.3 Å². The molecule has 22 heavy (non-hydrogen) atoms. The first kappa shape index (κ1) is 19.8. The Morgan fingerprint density at radius 2 is 2.00 bits per heavy atom. The van der Waals surface area contributed by atoms with Gasteiger partial charge in [-0.3, -0.25) is 0 Å². The SMILES string of the molecule is CC(C)(CCN1CCOCC1)C(=O)OCCS[PH](C)(C)N=O. The van der Waals surface area contributed by atoms with Crippen molar-refractivity contribution in [2.75, 3.05) is 58.5 Å². The van der Waals surface area contributed by atoms with E-state index in [0.717, 1.165) is 39.3 Å². The van der Waals surface area contributed by atoms with E-state index < -0.39 is 12.0 Å². The molecule has 0 amide bonds. The molecule has 1 aliphatic heterocycles. The number of rotatable bonds is 9. The van der Waals surface area contributed by atoms with Crippen LogP contribution in [0.4, 0.5) is 0 Å². The summed E-state index contributed by atoms with van der Waals surface area (Å²) in [5.74, 6) is 0.468. The molecule has 0 aliphatic carbocycles. The van der Waals surface area contributed by atoms with E-state index in [2.05, 4.69) is 9.85 Å². The second-order valence-electron chi connectivity index (χ2n) is 6.61. The number of ether oxygens (including phenoxy) is 2. The van der Waals surface area contributed by atoms with Crippen LogP contribution in [0.15, 0.2) is 4.95 Å². The van der Waals surface area contributed by atoms with Gasteiger partial charge in [0.05, 0.1) is 0 Å². The van der Waals surface area contributed by atoms with Gasteiger partial charge in [0.1, 0.15) is 0 Å². The van der Waals surface area contributed by atoms with Gasteiger partial charge in [-0.25, -0.2) is 0 Å². The van der Waals surface area contributed by atoms with Crippen LogP contribution >= 0.6 is 18.0 Å². The quantitative estimate of drug-likeness (QED) is 0.275. The third-order valence-electron chi connectivity index (χ3n) is 3.70. The molecule has 0 radical (unpaired) electrons. The van der Waals surface area contributed by atoms with Crippen LogP contribution in [-0.2, 0) is 14.3 Å². The molecule has 0 aromatic rings. The number of nitrogens with zero attached hydrogens (tertiary/aromatic N) is 2. The van der Waals surface area contributed by atoms with Gasteiger partial charge in [0, 0.05) is 0 Å². The summed E-state index contributed by atoms with van der Waals surface area (Å²) in [6, 6.07) is 0. The Hall–Kier alpha value is -0.230. The molecule has 0 bridgehead atoms. The van der Waals surface area contributed by atoms with Gasteiger partial charge in [-0.1, -0.05) is 0 Å². The molecule has 1 fully saturated rings. The summed E-state index contributed by atoms with van der Waals surface area (Å²) in [6.45, 7) is 10.2. The van der Waals surface area contributed by atoms with Crippen LogP contribution in [-0.4, -0.2) is 69.4 Å². The molecule has 6 nitrogen and oxygen atoms in total. The average molecular weight is 352 g/mol. The fourth-order valence-corrected chi connectivity index (χ4v) is 4.64. The van der Waals surface area contributed by atoms with Crippen molar-refractivity contribution < 1.29 is 14.3 Å². The van der Waals surface area contributed by atoms with Gasteiger partial charge in [0.15, 0.2) is 0 Å². The Morgan fingerprint density at radius 3 is 2.59 bits per heavy atom. The zero-order chi connectivity index (χ0) is 16.6. The summed E-state index contributed by atoms with van der Waals surface area (Å²) < 4.78 is 10.7. The summed E-state index contributed by atoms with van der Waals surface area (Å²) in [4.78, 5) is 28.3. The molecular formula is C14H29N2O4PS. The second-order valence-corrected chi connectivity index (χ2v) is 14.2. The predicted octanol–water partition coefficient (Wildman–Crippen LogP) is 2.62. The van der Waals surface area contributed by atoms with Gasteiger partial charge in [0.25, 0.3) is 0 Å². The normalized spacial score (nSPS) is 18.0. The minimum atomic E-state index is -2.06. The number of carbonyl (C=O) groups is 1. The maximum atomic E-state index is 12.2. The van der Waals surface area contributed by atoms with Crippen LogP contribution in [0, 0.1) is 10.3 Å². The fourth-order valence-electron chi connectivity index (χ4n) is 2.01. The zero-order valence-corrected chi connectivity index (χ0v) is 15.9. The molecule has 1 rings (SSSR count). The fraction of sp³-hybridized carbons (Fsp3) is 0.929. The number of esters is 1. The Bertz CT molecular complexity index is 374. The van der Waals surface area contributed by atoms with Crippen molar-refractivity contribution in [3.63, 3.8) is 0 Å². The van der Waals surface area contributed by atoms with E-state index in [9.17, 15) is 9.70 Å². The number of hydrogen-bond acceptors (Lipinski definition) is 7. The van der Waals surface area contributed by atoms with Crippen molar-refractivity contribution >= 4 is 24.0 Å². The number of hydrogen-bond donors (Lipinski definition) is 0. The Morgan fingerprint density at radius 1 is 1.36 bits per heavy atom. The monoisotopic (exact) mass is 352 g/mol. The Labute approximate surface area is 137 Å². The standard InChI is InChI=1S/C14H29N2O4PS/c1-14(2,5-6-16-7-9-19-10-8-16)13(17)20-11-12-22-21(3,4)15-18/h21H,5-12H2,1-4H3. The molecule has 0 spiro atoms. The van der Waals surface area contributed by atoms with Gasteiger partial charge in [0.2, 0.25) is 0 Å². The van der Waals surface area contributed by atoms with Gasteiger partial charge < -0.3 is 0 Å². The van der Waals surface area contributed by atoms with E-state index in [0.29, 0.717) is 12.4 Å². The molecule has 0 saturated carbocycles. The summed E-state index contributed by atoms with van der Waals surface area (Å²) in [7, 11) is 0. The summed E-state index contributed by atoms with van der Waals surface area (Å²) in [6.07, 6.45) is 0.773. The number of nitroso groups, excluding NO2 is 1. The molecule has 130 valence electrons. The first-order chi connectivity index (χ1) is 10.3. The molecular weight excluding hydrogens is 323 g/mol. The van der Waals surface area contributed by atoms with Gasteiger partial charge in [-0.2, -0.15) is 0 Å². The molecule has 0 aromatic carbocycles. The second kappa shape index (κ2) is 9.16. The van der Waals surface area contributed by atoms with Crippen LogP contribution in [0.2, 0.25) is 0 Å². The van der Waals surface area contributed by atoms with Crippen molar-refractivity contribution in [3.8, 4) is 0 Å². The molecule has 1 saturated heterocycles. The molecule has 0 atom stereocenters. The van der Waals surface area contributed by atoms with Crippen LogP contribution in [0.3, 0.4) is 0 Å². The average Bonchev–Trinajstić information content (AvgIpc) is 2.50. The van der Waals surface area contributed by atoms with Crippen molar-refractivity contribution in [1.82, 2.24) is 4.90 Å². The topological polar surface area (TPSA) is 68.2 Å². The van der Waals surface area contributed by atoms with Gasteiger partial charge in [-0.15, -0.1) is 0 Å². The predicted molar refractivity (Wildman–Crippen MR) is 95.0 cm³/mol. The van der Waals surface area contributed by atoms with E-state index in [-0.39, 0.29) is 5.97 Å². The Balaban J connectivity index is 2.25. The molecule has 8 heteroatoms. The van der Waals surface area contributed by atoms with Crippen molar-refractivity contribution in [1.29, 1.82) is 0 Å².